The summed E-state index contributed by atoms with van der Waals surface area (Å²) in [5.41, 5.74) is 7.04. The van der Waals surface area contributed by atoms with Gasteiger partial charge >= 0.3 is 5.97 Å². The molecule has 1 aromatic carbocycles. The van der Waals surface area contributed by atoms with Crippen molar-refractivity contribution in [1.29, 1.82) is 0 Å². The van der Waals surface area contributed by atoms with Gasteiger partial charge in [0.05, 0.1) is 0 Å². The normalized spacial score (nSPS) is 13.4. The maximum absolute atomic E-state index is 10.7. The Kier molecular flexibility index (Phi) is 3.78. The maximum Gasteiger partial charge on any atom is 0.320 e. The Hall–Kier alpha value is -1.55. The van der Waals surface area contributed by atoms with Crippen molar-refractivity contribution in [1.82, 2.24) is 0 Å². The van der Waals surface area contributed by atoms with Crippen LogP contribution in [-0.2, 0) is 16.6 Å². The maximum atomic E-state index is 10.7. The molecule has 0 saturated carbocycles. The number of phenolic OH excluding ortho intramolecular Hbond substituents is 1. The van der Waals surface area contributed by atoms with Crippen LogP contribution in [0, 0.1) is 0 Å². The summed E-state index contributed by atoms with van der Waals surface area (Å²) in [6, 6.07) is 4.25. The van der Waals surface area contributed by atoms with E-state index in [1.165, 1.54) is 0 Å². The van der Waals surface area contributed by atoms with Crippen molar-refractivity contribution in [3.8, 4) is 5.75 Å². The molecule has 0 bridgehead atoms. The van der Waals surface area contributed by atoms with Crippen molar-refractivity contribution < 1.29 is 15.0 Å². The van der Waals surface area contributed by atoms with Gasteiger partial charge in [-0.1, -0.05) is 32.9 Å². The van der Waals surface area contributed by atoms with Crippen molar-refractivity contribution >= 4 is 5.97 Å². The van der Waals surface area contributed by atoms with Crippen LogP contribution in [0.2, 0.25) is 0 Å². The first-order valence-corrected chi connectivity index (χ1v) is 5.52. The minimum Gasteiger partial charge on any atom is -0.508 e. The van der Waals surface area contributed by atoms with Gasteiger partial charge in [-0.15, -0.1) is 0 Å². The first kappa shape index (κ1) is 13.5. The Morgan fingerprint density at radius 2 is 2.00 bits per heavy atom. The quantitative estimate of drug-likeness (QED) is 0.746. The molecular weight excluding hydrogens is 218 g/mol. The summed E-state index contributed by atoms with van der Waals surface area (Å²) in [4.78, 5) is 10.7. The van der Waals surface area contributed by atoms with E-state index in [2.05, 4.69) is 20.8 Å². The molecule has 4 N–H and O–H groups in total. The predicted molar refractivity (Wildman–Crippen MR) is 66.1 cm³/mol. The Bertz CT molecular complexity index is 421. The molecule has 0 heterocycles. The zero-order valence-electron chi connectivity index (χ0n) is 10.4. The molecule has 0 amide bonds. The number of aliphatic carboxylic acids is 1. The van der Waals surface area contributed by atoms with Gasteiger partial charge in [-0.2, -0.15) is 0 Å². The molecule has 0 aliphatic rings. The molecule has 0 radical (unpaired) electrons. The van der Waals surface area contributed by atoms with E-state index in [1.807, 2.05) is 12.1 Å². The van der Waals surface area contributed by atoms with Crippen molar-refractivity contribution in [3.05, 3.63) is 29.3 Å². The van der Waals surface area contributed by atoms with Gasteiger partial charge in [-0.25, -0.2) is 0 Å². The Labute approximate surface area is 101 Å². The van der Waals surface area contributed by atoms with E-state index in [0.717, 1.165) is 5.56 Å². The van der Waals surface area contributed by atoms with E-state index in [-0.39, 0.29) is 17.6 Å². The molecule has 0 aromatic heterocycles. The van der Waals surface area contributed by atoms with Crippen molar-refractivity contribution in [2.75, 3.05) is 0 Å². The van der Waals surface area contributed by atoms with Crippen molar-refractivity contribution in [3.63, 3.8) is 0 Å². The largest absolute Gasteiger partial charge is 0.508 e. The molecule has 4 heteroatoms. The summed E-state index contributed by atoms with van der Waals surface area (Å²) >= 11 is 0. The highest BCUT2D eigenvalue weighted by Gasteiger charge is 2.18. The SMILES string of the molecule is CC(C)(C)c1ccc(O)c(CC(N)C(=O)O)c1. The fourth-order valence-corrected chi connectivity index (χ4v) is 1.54. The summed E-state index contributed by atoms with van der Waals surface area (Å²) in [6.45, 7) is 6.17. The molecule has 1 rings (SSSR count). The molecule has 17 heavy (non-hydrogen) atoms. The standard InChI is InChI=1S/C13H19NO3/c1-13(2,3)9-4-5-11(15)8(6-9)7-10(14)12(16)17/h4-6,10,15H,7,14H2,1-3H3,(H,16,17). The first-order valence-electron chi connectivity index (χ1n) is 5.52. The highest BCUT2D eigenvalue weighted by Crippen LogP contribution is 2.27. The monoisotopic (exact) mass is 237 g/mol. The van der Waals surface area contributed by atoms with Gasteiger partial charge in [0.1, 0.15) is 11.8 Å². The van der Waals surface area contributed by atoms with Gasteiger partial charge in [0, 0.05) is 6.42 Å². The number of aromatic hydroxyl groups is 1. The number of hydrogen-bond donors (Lipinski definition) is 3. The number of carboxylic acids is 1. The summed E-state index contributed by atoms with van der Waals surface area (Å²) in [7, 11) is 0. The number of carboxylic acid groups (broad SMARTS) is 1. The topological polar surface area (TPSA) is 83.5 Å². The van der Waals surface area contributed by atoms with Gasteiger partial charge in [-0.3, -0.25) is 4.79 Å². The number of hydrogen-bond acceptors (Lipinski definition) is 3. The molecule has 0 fully saturated rings. The van der Waals surface area contributed by atoms with Gasteiger partial charge < -0.3 is 15.9 Å². The lowest BCUT2D eigenvalue weighted by Crippen LogP contribution is -2.32. The van der Waals surface area contributed by atoms with Crippen LogP contribution >= 0.6 is 0 Å². The third-order valence-electron chi connectivity index (χ3n) is 2.70. The van der Waals surface area contributed by atoms with E-state index < -0.39 is 12.0 Å². The molecule has 0 spiro atoms. The second-order valence-electron chi connectivity index (χ2n) is 5.24. The molecule has 0 aliphatic carbocycles. The van der Waals surface area contributed by atoms with Gasteiger partial charge in [-0.05, 0) is 22.6 Å². The van der Waals surface area contributed by atoms with Crippen LogP contribution in [0.5, 0.6) is 5.75 Å². The fourth-order valence-electron chi connectivity index (χ4n) is 1.54. The zero-order chi connectivity index (χ0) is 13.2. The van der Waals surface area contributed by atoms with Crippen molar-refractivity contribution in [2.24, 2.45) is 5.73 Å². The molecule has 4 nitrogen and oxygen atoms in total. The Morgan fingerprint density at radius 3 is 2.47 bits per heavy atom. The van der Waals surface area contributed by atoms with Crippen LogP contribution in [-0.4, -0.2) is 22.2 Å². The lowest BCUT2D eigenvalue weighted by Gasteiger charge is -2.20. The van der Waals surface area contributed by atoms with Gasteiger partial charge in [0.25, 0.3) is 0 Å². The van der Waals surface area contributed by atoms with Crippen LogP contribution in [0.1, 0.15) is 31.9 Å². The highest BCUT2D eigenvalue weighted by atomic mass is 16.4. The summed E-state index contributed by atoms with van der Waals surface area (Å²) < 4.78 is 0. The molecule has 0 aliphatic heterocycles. The minimum atomic E-state index is -1.06. The van der Waals surface area contributed by atoms with Crippen LogP contribution in [0.4, 0.5) is 0 Å². The van der Waals surface area contributed by atoms with Crippen LogP contribution in [0.15, 0.2) is 18.2 Å². The molecule has 1 atom stereocenters. The van der Waals surface area contributed by atoms with E-state index in [9.17, 15) is 9.90 Å². The van der Waals surface area contributed by atoms with Crippen LogP contribution in [0.3, 0.4) is 0 Å². The molecular formula is C13H19NO3. The van der Waals surface area contributed by atoms with Crippen LogP contribution < -0.4 is 5.73 Å². The predicted octanol–water partition coefficient (Wildman–Crippen LogP) is 1.64. The minimum absolute atomic E-state index is 0.0459. The Morgan fingerprint density at radius 1 is 1.41 bits per heavy atom. The summed E-state index contributed by atoms with van der Waals surface area (Å²) in [6.07, 6.45) is 0.130. The molecule has 1 aromatic rings. The summed E-state index contributed by atoms with van der Waals surface area (Å²) in [5.74, 6) is -0.972. The first-order chi connectivity index (χ1) is 7.71. The summed E-state index contributed by atoms with van der Waals surface area (Å²) in [5, 5.41) is 18.4. The molecule has 94 valence electrons. The molecule has 1 unspecified atom stereocenters. The number of benzene rings is 1. The van der Waals surface area contributed by atoms with Gasteiger partial charge in [0.15, 0.2) is 0 Å². The lowest BCUT2D eigenvalue weighted by molar-refractivity contribution is -0.138. The zero-order valence-corrected chi connectivity index (χ0v) is 10.4. The average molecular weight is 237 g/mol. The number of carbonyl (C=O) groups is 1. The highest BCUT2D eigenvalue weighted by molar-refractivity contribution is 5.73. The third kappa shape index (κ3) is 3.46. The smallest absolute Gasteiger partial charge is 0.320 e. The van der Waals surface area contributed by atoms with E-state index in [4.69, 9.17) is 10.8 Å². The third-order valence-corrected chi connectivity index (χ3v) is 2.70. The number of nitrogens with two attached hydrogens (primary N) is 1. The second-order valence-corrected chi connectivity index (χ2v) is 5.24. The second kappa shape index (κ2) is 4.75. The number of phenols is 1. The van der Waals surface area contributed by atoms with E-state index in [0.29, 0.717) is 5.56 Å². The molecule has 0 saturated heterocycles. The lowest BCUT2D eigenvalue weighted by atomic mass is 9.85. The van der Waals surface area contributed by atoms with Crippen LogP contribution in [0.25, 0.3) is 0 Å². The number of rotatable bonds is 3. The Balaban J connectivity index is 3.03. The van der Waals surface area contributed by atoms with E-state index >= 15 is 0 Å². The van der Waals surface area contributed by atoms with Crippen molar-refractivity contribution in [2.45, 2.75) is 38.6 Å². The average Bonchev–Trinajstić information content (AvgIpc) is 2.19. The van der Waals surface area contributed by atoms with Gasteiger partial charge in [0.2, 0.25) is 0 Å². The van der Waals surface area contributed by atoms with E-state index in [1.54, 1.807) is 6.07 Å². The fraction of sp³-hybridized carbons (Fsp3) is 0.462.